The van der Waals surface area contributed by atoms with Gasteiger partial charge in [-0.25, -0.2) is 15.0 Å². The van der Waals surface area contributed by atoms with Gasteiger partial charge in [0.25, 0.3) is 5.91 Å². The van der Waals surface area contributed by atoms with Gasteiger partial charge in [-0.3, -0.25) is 4.79 Å². The first-order valence-corrected chi connectivity index (χ1v) is 14.6. The standard InChI is InChI=1S/C30H34N6O3S/c1-17(2)39-23-15-19(18-10-13-36(14-11-18)20-7-8-20)6-9-22(23)34-30-33-16-24-26(35-30)25(27(40-24)28(31)37)21-5-4-12-32-29(21)38-3/h4-6,9,12,15-18,20H,7-8,10-11,13-14H2,1-3H3,(H2,31,37)(H,33,34,35). The number of pyridine rings is 1. The van der Waals surface area contributed by atoms with Gasteiger partial charge in [-0.2, -0.15) is 0 Å². The molecule has 10 heteroatoms. The second-order valence-corrected chi connectivity index (χ2v) is 11.8. The van der Waals surface area contributed by atoms with Gasteiger partial charge < -0.3 is 25.4 Å². The number of methoxy groups -OCH3 is 1. The monoisotopic (exact) mass is 558 g/mol. The molecule has 40 heavy (non-hydrogen) atoms. The summed E-state index contributed by atoms with van der Waals surface area (Å²) in [5.74, 6) is 1.55. The van der Waals surface area contributed by atoms with Gasteiger partial charge >= 0.3 is 0 Å². The lowest BCUT2D eigenvalue weighted by atomic mass is 9.89. The number of hydrogen-bond donors (Lipinski definition) is 2. The molecule has 1 saturated carbocycles. The zero-order chi connectivity index (χ0) is 27.8. The van der Waals surface area contributed by atoms with Gasteiger partial charge in [-0.05, 0) is 88.4 Å². The lowest BCUT2D eigenvalue weighted by Crippen LogP contribution is -2.34. The van der Waals surface area contributed by atoms with Crippen molar-refractivity contribution in [1.29, 1.82) is 0 Å². The summed E-state index contributed by atoms with van der Waals surface area (Å²) in [6.07, 6.45) is 8.42. The Morgan fingerprint density at radius 3 is 2.65 bits per heavy atom. The fourth-order valence-electron chi connectivity index (χ4n) is 5.53. The molecule has 9 nitrogen and oxygen atoms in total. The summed E-state index contributed by atoms with van der Waals surface area (Å²) in [4.78, 5) is 29.1. The van der Waals surface area contributed by atoms with Gasteiger partial charge in [-0.1, -0.05) is 6.07 Å². The van der Waals surface area contributed by atoms with Crippen LogP contribution in [0.2, 0.25) is 0 Å². The Morgan fingerprint density at radius 1 is 1.15 bits per heavy atom. The van der Waals surface area contributed by atoms with Gasteiger partial charge in [0.1, 0.15) is 10.6 Å². The number of amides is 1. The van der Waals surface area contributed by atoms with E-state index in [1.807, 2.05) is 19.9 Å². The highest BCUT2D eigenvalue weighted by molar-refractivity contribution is 7.21. The van der Waals surface area contributed by atoms with Crippen molar-refractivity contribution in [3.05, 3.63) is 53.2 Å². The summed E-state index contributed by atoms with van der Waals surface area (Å²) < 4.78 is 12.5. The molecule has 1 aliphatic heterocycles. The van der Waals surface area contributed by atoms with E-state index >= 15 is 0 Å². The fourth-order valence-corrected chi connectivity index (χ4v) is 6.51. The number of ether oxygens (including phenoxy) is 2. The van der Waals surface area contributed by atoms with Crippen LogP contribution in [-0.4, -0.2) is 58.1 Å². The van der Waals surface area contributed by atoms with Crippen molar-refractivity contribution in [2.45, 2.75) is 57.6 Å². The number of likely N-dealkylation sites (tertiary alicyclic amines) is 1. The molecule has 6 rings (SSSR count). The molecule has 2 aliphatic rings. The van der Waals surface area contributed by atoms with E-state index in [0.717, 1.165) is 22.2 Å². The van der Waals surface area contributed by atoms with Crippen LogP contribution in [0.15, 0.2) is 42.7 Å². The molecule has 3 N–H and O–H groups in total. The number of benzene rings is 1. The molecule has 1 aliphatic carbocycles. The number of aromatic nitrogens is 3. The molecule has 0 bridgehead atoms. The average Bonchev–Trinajstić information content (AvgIpc) is 3.74. The van der Waals surface area contributed by atoms with Crippen molar-refractivity contribution < 1.29 is 14.3 Å². The molecule has 1 saturated heterocycles. The van der Waals surface area contributed by atoms with Crippen LogP contribution < -0.4 is 20.5 Å². The minimum absolute atomic E-state index is 0.00978. The van der Waals surface area contributed by atoms with Crippen molar-refractivity contribution in [2.24, 2.45) is 5.73 Å². The van der Waals surface area contributed by atoms with E-state index in [1.165, 1.54) is 55.7 Å². The van der Waals surface area contributed by atoms with Crippen molar-refractivity contribution in [1.82, 2.24) is 19.9 Å². The smallest absolute Gasteiger partial charge is 0.259 e. The number of nitrogens with zero attached hydrogens (tertiary/aromatic N) is 4. The van der Waals surface area contributed by atoms with Crippen molar-refractivity contribution in [3.63, 3.8) is 0 Å². The number of anilines is 2. The topological polar surface area (TPSA) is 115 Å². The first-order chi connectivity index (χ1) is 19.4. The van der Waals surface area contributed by atoms with Crippen LogP contribution in [0.25, 0.3) is 21.3 Å². The summed E-state index contributed by atoms with van der Waals surface area (Å²) in [5, 5.41) is 3.36. The van der Waals surface area contributed by atoms with Crippen LogP contribution in [0.3, 0.4) is 0 Å². The number of hydrogen-bond acceptors (Lipinski definition) is 9. The molecule has 1 amide bonds. The number of fused-ring (bicyclic) bond motifs is 1. The molecule has 0 spiro atoms. The number of carbonyl (C=O) groups excluding carboxylic acids is 1. The number of carbonyl (C=O) groups is 1. The Kier molecular flexibility index (Phi) is 7.29. The van der Waals surface area contributed by atoms with Gasteiger partial charge in [0, 0.05) is 23.4 Å². The average molecular weight is 559 g/mol. The van der Waals surface area contributed by atoms with E-state index in [2.05, 4.69) is 38.4 Å². The van der Waals surface area contributed by atoms with Crippen molar-refractivity contribution >= 4 is 39.1 Å². The minimum Gasteiger partial charge on any atom is -0.489 e. The van der Waals surface area contributed by atoms with Gasteiger partial charge in [0.05, 0.1) is 35.3 Å². The second-order valence-electron chi connectivity index (χ2n) is 10.7. The van der Waals surface area contributed by atoms with Crippen LogP contribution in [0, 0.1) is 0 Å². The number of piperidine rings is 1. The second kappa shape index (κ2) is 11.0. The maximum Gasteiger partial charge on any atom is 0.259 e. The molecule has 0 radical (unpaired) electrons. The van der Waals surface area contributed by atoms with Crippen molar-refractivity contribution in [3.8, 4) is 22.8 Å². The normalized spacial score (nSPS) is 16.4. The van der Waals surface area contributed by atoms with Gasteiger partial charge in [-0.15, -0.1) is 11.3 Å². The molecule has 1 aromatic carbocycles. The molecule has 0 atom stereocenters. The summed E-state index contributed by atoms with van der Waals surface area (Å²) in [5.41, 5.74) is 9.71. The summed E-state index contributed by atoms with van der Waals surface area (Å²) >= 11 is 1.26. The highest BCUT2D eigenvalue weighted by atomic mass is 32.1. The van der Waals surface area contributed by atoms with E-state index in [4.69, 9.17) is 20.2 Å². The van der Waals surface area contributed by atoms with E-state index in [9.17, 15) is 4.79 Å². The Morgan fingerprint density at radius 2 is 1.95 bits per heavy atom. The largest absolute Gasteiger partial charge is 0.489 e. The first-order valence-electron chi connectivity index (χ1n) is 13.8. The zero-order valence-corrected chi connectivity index (χ0v) is 23.8. The minimum atomic E-state index is -0.537. The highest BCUT2D eigenvalue weighted by Gasteiger charge is 2.32. The zero-order valence-electron chi connectivity index (χ0n) is 23.0. The molecular formula is C30H34N6O3S. The van der Waals surface area contributed by atoms with Crippen LogP contribution in [-0.2, 0) is 0 Å². The van der Waals surface area contributed by atoms with Crippen LogP contribution in [0.4, 0.5) is 11.6 Å². The Bertz CT molecular complexity index is 1540. The van der Waals surface area contributed by atoms with E-state index in [-0.39, 0.29) is 6.10 Å². The third-order valence-electron chi connectivity index (χ3n) is 7.57. The Hall–Kier alpha value is -3.76. The maximum atomic E-state index is 12.4. The summed E-state index contributed by atoms with van der Waals surface area (Å²) in [6.45, 7) is 6.39. The highest BCUT2D eigenvalue weighted by Crippen LogP contribution is 2.42. The molecular weight excluding hydrogens is 524 g/mol. The predicted octanol–water partition coefficient (Wildman–Crippen LogP) is 5.73. The molecule has 0 unspecified atom stereocenters. The molecule has 208 valence electrons. The fraction of sp³-hybridized carbons (Fsp3) is 0.400. The Labute approximate surface area is 237 Å². The van der Waals surface area contributed by atoms with Crippen molar-refractivity contribution in [2.75, 3.05) is 25.5 Å². The van der Waals surface area contributed by atoms with E-state index < -0.39 is 5.91 Å². The van der Waals surface area contributed by atoms with E-state index in [1.54, 1.807) is 25.6 Å². The van der Waals surface area contributed by atoms with Gasteiger partial charge in [0.2, 0.25) is 11.8 Å². The number of thiophene rings is 1. The number of primary amides is 1. The molecule has 4 aromatic rings. The molecule has 2 fully saturated rings. The third-order valence-corrected chi connectivity index (χ3v) is 8.70. The van der Waals surface area contributed by atoms with Crippen LogP contribution >= 0.6 is 11.3 Å². The number of nitrogens with one attached hydrogen (secondary N) is 1. The number of rotatable bonds is 9. The number of nitrogens with two attached hydrogens (primary N) is 1. The summed E-state index contributed by atoms with van der Waals surface area (Å²) in [7, 11) is 1.54. The third kappa shape index (κ3) is 5.33. The lowest BCUT2D eigenvalue weighted by Gasteiger charge is -2.32. The Balaban J connectivity index is 1.33. The van der Waals surface area contributed by atoms with Gasteiger partial charge in [0.15, 0.2) is 0 Å². The lowest BCUT2D eigenvalue weighted by molar-refractivity contribution is 0.100. The SMILES string of the molecule is COc1ncccc1-c1c(C(N)=O)sc2cnc(Nc3ccc(C4CCN(C5CC5)CC4)cc3OC(C)C)nc12. The van der Waals surface area contributed by atoms with Crippen LogP contribution in [0.5, 0.6) is 11.6 Å². The molecule has 4 heterocycles. The summed E-state index contributed by atoms with van der Waals surface area (Å²) in [6, 6.07) is 10.9. The van der Waals surface area contributed by atoms with E-state index in [0.29, 0.717) is 39.3 Å². The van der Waals surface area contributed by atoms with Crippen LogP contribution in [0.1, 0.15) is 60.7 Å². The maximum absolute atomic E-state index is 12.4. The first kappa shape index (κ1) is 26.5. The quantitative estimate of drug-likeness (QED) is 0.267. The predicted molar refractivity (Wildman–Crippen MR) is 158 cm³/mol. The molecule has 3 aromatic heterocycles.